The number of rotatable bonds is 18. The van der Waals surface area contributed by atoms with E-state index in [1.807, 2.05) is 24.3 Å². The molecule has 0 fully saturated rings. The van der Waals surface area contributed by atoms with Gasteiger partial charge in [-0.3, -0.25) is 9.59 Å². The van der Waals surface area contributed by atoms with Gasteiger partial charge in [-0.15, -0.1) is 0 Å². The van der Waals surface area contributed by atoms with E-state index in [4.69, 9.17) is 19.7 Å². The number of benzene rings is 4. The summed E-state index contributed by atoms with van der Waals surface area (Å²) in [5, 5.41) is 66.0. The lowest BCUT2D eigenvalue weighted by atomic mass is 9.88. The first-order valence-corrected chi connectivity index (χ1v) is 21.3. The third-order valence-corrected chi connectivity index (χ3v) is 11.5. The molecule has 0 radical (unpaired) electrons. The fourth-order valence-electron chi connectivity index (χ4n) is 7.60. The quantitative estimate of drug-likeness (QED) is 0.0728. The molecular weight excluding hydrogens is 793 g/mol. The van der Waals surface area contributed by atoms with Gasteiger partial charge in [0.1, 0.15) is 23.0 Å². The predicted molar refractivity (Wildman–Crippen MR) is 237 cm³/mol. The summed E-state index contributed by atoms with van der Waals surface area (Å²) >= 11 is 0. The number of carbonyl (C=O) groups excluding carboxylic acids is 2. The summed E-state index contributed by atoms with van der Waals surface area (Å²) in [5.74, 6) is 1.48. The van der Waals surface area contributed by atoms with Crippen molar-refractivity contribution >= 4 is 11.8 Å². The van der Waals surface area contributed by atoms with E-state index in [0.29, 0.717) is 59.7 Å². The second kappa shape index (κ2) is 23.3. The van der Waals surface area contributed by atoms with Crippen molar-refractivity contribution in [2.75, 3.05) is 67.7 Å². The molecule has 62 heavy (non-hydrogen) atoms. The Morgan fingerprint density at radius 2 is 1.02 bits per heavy atom. The number of hydrogen-bond donors (Lipinski definition) is 8. The van der Waals surface area contributed by atoms with E-state index in [-0.39, 0.29) is 61.8 Å². The van der Waals surface area contributed by atoms with Gasteiger partial charge in [-0.25, -0.2) is 0 Å². The maximum absolute atomic E-state index is 11.7. The zero-order valence-corrected chi connectivity index (χ0v) is 36.3. The SMILES string of the molecule is CN(C)C(=O)COc1ccc2c(c1)C[C@@H](NC[C@H](O)c1ccc(O)c(CCO)c1)CC2.CN(C)C(=O)COc1ccc2c(c1)C[C@@H](NC[C@H](O)c1ccc(O)c(CCO)c1)CC2. The van der Waals surface area contributed by atoms with Crippen LogP contribution in [0.15, 0.2) is 72.8 Å². The van der Waals surface area contributed by atoms with Gasteiger partial charge in [0.2, 0.25) is 0 Å². The largest absolute Gasteiger partial charge is 0.508 e. The number of nitrogens with one attached hydrogen (secondary N) is 2. The van der Waals surface area contributed by atoms with Gasteiger partial charge in [0.05, 0.1) is 12.2 Å². The normalized spacial score (nSPS) is 16.5. The second-order valence-electron chi connectivity index (χ2n) is 16.5. The summed E-state index contributed by atoms with van der Waals surface area (Å²) < 4.78 is 11.3. The molecule has 0 saturated carbocycles. The highest BCUT2D eigenvalue weighted by Gasteiger charge is 2.23. The molecule has 0 saturated heterocycles. The van der Waals surface area contributed by atoms with Gasteiger partial charge in [0, 0.05) is 66.6 Å². The molecule has 2 amide bonds. The van der Waals surface area contributed by atoms with Gasteiger partial charge in [0.25, 0.3) is 11.8 Å². The number of aliphatic hydroxyl groups excluding tert-OH is 4. The number of ether oxygens (including phenoxy) is 2. The van der Waals surface area contributed by atoms with Crippen molar-refractivity contribution in [2.24, 2.45) is 0 Å². The number of amides is 2. The fraction of sp³-hybridized carbons (Fsp3) is 0.458. The van der Waals surface area contributed by atoms with Crippen LogP contribution >= 0.6 is 0 Å². The lowest BCUT2D eigenvalue weighted by Crippen LogP contribution is -2.37. The highest BCUT2D eigenvalue weighted by Crippen LogP contribution is 2.29. The maximum Gasteiger partial charge on any atom is 0.259 e. The van der Waals surface area contributed by atoms with Crippen molar-refractivity contribution < 1.29 is 49.7 Å². The first-order valence-electron chi connectivity index (χ1n) is 21.3. The lowest BCUT2D eigenvalue weighted by Gasteiger charge is -2.27. The molecule has 336 valence electrons. The van der Waals surface area contributed by atoms with Crippen LogP contribution in [-0.2, 0) is 48.1 Å². The molecule has 0 aromatic heterocycles. The summed E-state index contributed by atoms with van der Waals surface area (Å²) in [6, 6.07) is 22.4. The first-order chi connectivity index (χ1) is 29.7. The molecule has 4 aromatic carbocycles. The average molecular weight is 857 g/mol. The van der Waals surface area contributed by atoms with E-state index in [9.17, 15) is 30.0 Å². The van der Waals surface area contributed by atoms with Crippen molar-refractivity contribution in [3.8, 4) is 23.0 Å². The number of aliphatic hydroxyl groups is 4. The molecule has 0 spiro atoms. The Morgan fingerprint density at radius 1 is 0.613 bits per heavy atom. The number of hydrogen-bond acceptors (Lipinski definition) is 12. The summed E-state index contributed by atoms with van der Waals surface area (Å²) in [4.78, 5) is 26.5. The van der Waals surface area contributed by atoms with Crippen LogP contribution in [0.3, 0.4) is 0 Å². The van der Waals surface area contributed by atoms with Crippen LogP contribution in [0.4, 0.5) is 0 Å². The van der Waals surface area contributed by atoms with Crippen molar-refractivity contribution in [1.82, 2.24) is 20.4 Å². The van der Waals surface area contributed by atoms with E-state index in [2.05, 4.69) is 22.8 Å². The lowest BCUT2D eigenvalue weighted by molar-refractivity contribution is -0.131. The number of likely N-dealkylation sites (N-methyl/N-ethyl adjacent to an activating group) is 2. The highest BCUT2D eigenvalue weighted by molar-refractivity contribution is 5.77. The third-order valence-electron chi connectivity index (χ3n) is 11.5. The van der Waals surface area contributed by atoms with Crippen molar-refractivity contribution in [3.05, 3.63) is 117 Å². The van der Waals surface area contributed by atoms with Gasteiger partial charge in [-0.2, -0.15) is 0 Å². The van der Waals surface area contributed by atoms with E-state index in [0.717, 1.165) is 38.5 Å². The van der Waals surface area contributed by atoms with Gasteiger partial charge in [-0.05, 0) is 144 Å². The average Bonchev–Trinajstić information content (AvgIpc) is 3.27. The van der Waals surface area contributed by atoms with Crippen molar-refractivity contribution in [3.63, 3.8) is 0 Å². The molecule has 0 unspecified atom stereocenters. The van der Waals surface area contributed by atoms with E-state index in [1.54, 1.807) is 64.6 Å². The van der Waals surface area contributed by atoms with Crippen LogP contribution in [0, 0.1) is 0 Å². The number of aromatic hydroxyl groups is 2. The Hall–Kier alpha value is -5.22. The Morgan fingerprint density at radius 3 is 1.39 bits per heavy atom. The molecular formula is C48H64N4O10. The minimum atomic E-state index is -0.703. The summed E-state index contributed by atoms with van der Waals surface area (Å²) in [6.45, 7) is 0.729. The standard InChI is InChI=1S/2C24H32N2O5/c2*1-26(2)24(30)15-31-21-7-4-16-3-6-20(12-19(16)13-21)25-14-23(29)17-5-8-22(28)18(11-17)9-10-27/h2*4-5,7-8,11,13,20,23,25,27-29H,3,6,9-10,12,14-15H2,1-2H3/t2*20-,23-/m00/s1. The molecule has 0 bridgehead atoms. The van der Waals surface area contributed by atoms with E-state index in [1.165, 1.54) is 32.1 Å². The van der Waals surface area contributed by atoms with Gasteiger partial charge < -0.3 is 60.5 Å². The molecule has 2 aliphatic carbocycles. The van der Waals surface area contributed by atoms with Crippen LogP contribution in [0.5, 0.6) is 23.0 Å². The zero-order valence-electron chi connectivity index (χ0n) is 36.3. The predicted octanol–water partition coefficient (Wildman–Crippen LogP) is 3.15. The number of nitrogens with zero attached hydrogens (tertiary/aromatic N) is 2. The van der Waals surface area contributed by atoms with Gasteiger partial charge in [-0.1, -0.05) is 24.3 Å². The zero-order chi connectivity index (χ0) is 44.8. The number of phenols is 2. The number of fused-ring (bicyclic) bond motifs is 2. The maximum atomic E-state index is 11.7. The second-order valence-corrected chi connectivity index (χ2v) is 16.5. The van der Waals surface area contributed by atoms with Crippen molar-refractivity contribution in [2.45, 2.75) is 75.7 Å². The highest BCUT2D eigenvalue weighted by atomic mass is 16.5. The van der Waals surface area contributed by atoms with Crippen LogP contribution in [0.1, 0.15) is 69.6 Å². The molecule has 0 heterocycles. The fourth-order valence-corrected chi connectivity index (χ4v) is 7.60. The minimum Gasteiger partial charge on any atom is -0.508 e. The Labute approximate surface area is 364 Å². The number of carbonyl (C=O) groups is 2. The smallest absolute Gasteiger partial charge is 0.259 e. The molecule has 0 aliphatic heterocycles. The summed E-state index contributed by atoms with van der Waals surface area (Å²) in [7, 11) is 6.81. The molecule has 8 N–H and O–H groups in total. The van der Waals surface area contributed by atoms with Crippen LogP contribution in [0.25, 0.3) is 0 Å². The van der Waals surface area contributed by atoms with E-state index < -0.39 is 12.2 Å². The number of phenolic OH excluding ortho intramolecular Hbond substituents is 2. The monoisotopic (exact) mass is 856 g/mol. The number of aryl methyl sites for hydroxylation is 2. The van der Waals surface area contributed by atoms with Crippen molar-refractivity contribution in [1.29, 1.82) is 0 Å². The molecule has 4 atom stereocenters. The minimum absolute atomic E-state index is 0.0184. The van der Waals surface area contributed by atoms with Crippen LogP contribution in [0.2, 0.25) is 0 Å². The van der Waals surface area contributed by atoms with Crippen LogP contribution < -0.4 is 20.1 Å². The molecule has 6 rings (SSSR count). The van der Waals surface area contributed by atoms with Gasteiger partial charge in [0.15, 0.2) is 13.2 Å². The Bertz CT molecular complexity index is 1950. The molecule has 14 nitrogen and oxygen atoms in total. The molecule has 4 aromatic rings. The Kier molecular flexibility index (Phi) is 18.0. The third kappa shape index (κ3) is 13.9. The molecule has 14 heteroatoms. The summed E-state index contributed by atoms with van der Waals surface area (Å²) in [6.07, 6.45) is 4.79. The molecule has 2 aliphatic rings. The first kappa shape index (κ1) is 47.8. The van der Waals surface area contributed by atoms with E-state index >= 15 is 0 Å². The topological polar surface area (TPSA) is 205 Å². The Balaban J connectivity index is 0.000000234. The summed E-state index contributed by atoms with van der Waals surface area (Å²) in [5.41, 5.74) is 7.66. The van der Waals surface area contributed by atoms with Gasteiger partial charge >= 0.3 is 0 Å². The van der Waals surface area contributed by atoms with Crippen LogP contribution in [-0.4, -0.2) is 132 Å².